The molecule has 0 saturated heterocycles. The Bertz CT molecular complexity index is 606. The van der Waals surface area contributed by atoms with Crippen molar-refractivity contribution in [1.29, 1.82) is 21.0 Å². The van der Waals surface area contributed by atoms with E-state index in [2.05, 4.69) is 0 Å². The molecule has 0 aliphatic carbocycles. The molecule has 0 heterocycles. The van der Waals surface area contributed by atoms with E-state index in [1.165, 1.54) is 0 Å². The van der Waals surface area contributed by atoms with Crippen LogP contribution in [0.25, 0.3) is 0 Å². The maximum Gasteiger partial charge on any atom is 0.139 e. The first kappa shape index (κ1) is 21.4. The fourth-order valence-electron chi connectivity index (χ4n) is 2.65. The first-order chi connectivity index (χ1) is 11.2. The second-order valence-corrected chi connectivity index (χ2v) is 6.80. The molecule has 5 heteroatoms. The van der Waals surface area contributed by atoms with Crippen LogP contribution in [-0.4, -0.2) is 5.78 Å². The van der Waals surface area contributed by atoms with E-state index in [1.54, 1.807) is 13.8 Å². The molecular formula is C19H24N4O. The van der Waals surface area contributed by atoms with Crippen LogP contribution in [0, 0.1) is 68.5 Å². The molecule has 0 radical (unpaired) electrons. The summed E-state index contributed by atoms with van der Waals surface area (Å²) in [7, 11) is 0. The van der Waals surface area contributed by atoms with Gasteiger partial charge in [-0.25, -0.2) is 0 Å². The van der Waals surface area contributed by atoms with Crippen LogP contribution >= 0.6 is 0 Å². The SMILES string of the molecule is CC(C)=CCC[C@](C)(CC(=O)CC(C)C(C#N)C#N)C(C#N)C#N. The molecule has 0 bridgehead atoms. The van der Waals surface area contributed by atoms with E-state index in [0.717, 1.165) is 5.57 Å². The second kappa shape index (κ2) is 10.2. The van der Waals surface area contributed by atoms with Gasteiger partial charge in [-0.3, -0.25) is 4.79 Å². The molecule has 0 aliphatic rings. The van der Waals surface area contributed by atoms with Gasteiger partial charge >= 0.3 is 0 Å². The zero-order chi connectivity index (χ0) is 18.8. The predicted octanol–water partition coefficient (Wildman–Crippen LogP) is 4.05. The maximum absolute atomic E-state index is 12.4. The van der Waals surface area contributed by atoms with E-state index in [0.29, 0.717) is 12.8 Å². The van der Waals surface area contributed by atoms with Gasteiger partial charge in [-0.1, -0.05) is 25.5 Å². The summed E-state index contributed by atoms with van der Waals surface area (Å²) in [4.78, 5) is 12.4. The minimum absolute atomic E-state index is 0.101. The highest BCUT2D eigenvalue weighted by Gasteiger charge is 2.36. The Hall–Kier alpha value is -2.63. The van der Waals surface area contributed by atoms with Crippen LogP contribution in [0.3, 0.4) is 0 Å². The second-order valence-electron chi connectivity index (χ2n) is 6.80. The smallest absolute Gasteiger partial charge is 0.139 e. The number of nitrogens with zero attached hydrogens (tertiary/aromatic N) is 4. The summed E-state index contributed by atoms with van der Waals surface area (Å²) in [5.74, 6) is -2.18. The molecule has 1 unspecified atom stereocenters. The predicted molar refractivity (Wildman–Crippen MR) is 89.6 cm³/mol. The van der Waals surface area contributed by atoms with E-state index >= 15 is 0 Å². The lowest BCUT2D eigenvalue weighted by Crippen LogP contribution is -2.29. The van der Waals surface area contributed by atoms with Crippen LogP contribution < -0.4 is 0 Å². The van der Waals surface area contributed by atoms with Gasteiger partial charge in [0.15, 0.2) is 0 Å². The van der Waals surface area contributed by atoms with Crippen molar-refractivity contribution in [1.82, 2.24) is 0 Å². The third-order valence-corrected chi connectivity index (χ3v) is 4.22. The van der Waals surface area contributed by atoms with Crippen LogP contribution in [0.5, 0.6) is 0 Å². The Balaban J connectivity index is 5.14. The van der Waals surface area contributed by atoms with E-state index in [1.807, 2.05) is 44.2 Å². The Morgan fingerprint density at radius 1 is 1.08 bits per heavy atom. The normalized spacial score (nSPS) is 13.8. The molecule has 24 heavy (non-hydrogen) atoms. The van der Waals surface area contributed by atoms with E-state index in [4.69, 9.17) is 10.5 Å². The summed E-state index contributed by atoms with van der Waals surface area (Å²) in [5, 5.41) is 36.3. The summed E-state index contributed by atoms with van der Waals surface area (Å²) >= 11 is 0. The molecule has 0 aromatic rings. The summed E-state index contributed by atoms with van der Waals surface area (Å²) in [6.45, 7) is 7.43. The zero-order valence-corrected chi connectivity index (χ0v) is 14.8. The number of hydrogen-bond donors (Lipinski definition) is 0. The van der Waals surface area contributed by atoms with Crippen molar-refractivity contribution in [3.63, 3.8) is 0 Å². The lowest BCUT2D eigenvalue weighted by Gasteiger charge is -2.30. The Labute approximate surface area is 144 Å². The number of ketones is 1. The van der Waals surface area contributed by atoms with Gasteiger partial charge in [-0.05, 0) is 32.6 Å². The largest absolute Gasteiger partial charge is 0.300 e. The molecule has 0 aromatic heterocycles. The topological polar surface area (TPSA) is 112 Å². The molecule has 0 rings (SSSR count). The van der Waals surface area contributed by atoms with E-state index < -0.39 is 17.3 Å². The van der Waals surface area contributed by atoms with Crippen molar-refractivity contribution in [3.8, 4) is 24.3 Å². The van der Waals surface area contributed by atoms with Crippen LogP contribution in [0.2, 0.25) is 0 Å². The molecule has 0 spiro atoms. The first-order valence-electron chi connectivity index (χ1n) is 7.97. The number of nitriles is 4. The number of allylic oxidation sites excluding steroid dienone is 2. The highest BCUT2D eigenvalue weighted by Crippen LogP contribution is 2.37. The zero-order valence-electron chi connectivity index (χ0n) is 14.8. The Morgan fingerprint density at radius 3 is 2.04 bits per heavy atom. The molecule has 126 valence electrons. The molecule has 0 fully saturated rings. The van der Waals surface area contributed by atoms with Gasteiger partial charge in [0.1, 0.15) is 17.6 Å². The molecule has 0 aromatic carbocycles. The molecule has 0 aliphatic heterocycles. The molecule has 5 nitrogen and oxygen atoms in total. The third kappa shape index (κ3) is 6.64. The number of Topliss-reactive ketones (excluding diaryl/α,β-unsaturated/α-hetero) is 1. The van der Waals surface area contributed by atoms with Gasteiger partial charge in [-0.2, -0.15) is 21.0 Å². The van der Waals surface area contributed by atoms with Crippen molar-refractivity contribution in [2.45, 2.75) is 53.4 Å². The average Bonchev–Trinajstić information content (AvgIpc) is 2.48. The maximum atomic E-state index is 12.4. The highest BCUT2D eigenvalue weighted by molar-refractivity contribution is 5.79. The van der Waals surface area contributed by atoms with Gasteiger partial charge in [0.2, 0.25) is 0 Å². The van der Waals surface area contributed by atoms with Gasteiger partial charge in [-0.15, -0.1) is 0 Å². The summed E-state index contributed by atoms with van der Waals surface area (Å²) in [6, 6.07) is 7.76. The Morgan fingerprint density at radius 2 is 1.62 bits per heavy atom. The fourth-order valence-corrected chi connectivity index (χ4v) is 2.65. The molecular weight excluding hydrogens is 300 g/mol. The van der Waals surface area contributed by atoms with Crippen LogP contribution in [0.15, 0.2) is 11.6 Å². The van der Waals surface area contributed by atoms with Crippen molar-refractivity contribution >= 4 is 5.78 Å². The first-order valence-corrected chi connectivity index (χ1v) is 7.97. The van der Waals surface area contributed by atoms with Crippen LogP contribution in [0.4, 0.5) is 0 Å². The summed E-state index contributed by atoms with van der Waals surface area (Å²) in [6.07, 6.45) is 3.49. The quantitative estimate of drug-likeness (QED) is 0.594. The number of hydrogen-bond acceptors (Lipinski definition) is 5. The minimum Gasteiger partial charge on any atom is -0.300 e. The van der Waals surface area contributed by atoms with Crippen molar-refractivity contribution < 1.29 is 4.79 Å². The standard InChI is InChI=1S/C19H24N4O/c1-14(2)6-5-7-19(4,17(12-22)13-23)9-18(24)8-15(3)16(10-20)11-21/h6,15-17H,5,7-9H2,1-4H3/t15?,19-/m1/s1. The number of carbonyl (C=O) groups excluding carboxylic acids is 1. The van der Waals surface area contributed by atoms with Gasteiger partial charge in [0.25, 0.3) is 0 Å². The summed E-state index contributed by atoms with van der Waals surface area (Å²) in [5.41, 5.74) is 0.412. The monoisotopic (exact) mass is 324 g/mol. The average molecular weight is 324 g/mol. The van der Waals surface area contributed by atoms with Gasteiger partial charge < -0.3 is 0 Å². The highest BCUT2D eigenvalue weighted by atomic mass is 16.1. The van der Waals surface area contributed by atoms with Crippen LogP contribution in [-0.2, 0) is 4.79 Å². The van der Waals surface area contributed by atoms with Crippen LogP contribution in [0.1, 0.15) is 53.4 Å². The summed E-state index contributed by atoms with van der Waals surface area (Å²) < 4.78 is 0. The van der Waals surface area contributed by atoms with E-state index in [-0.39, 0.29) is 24.5 Å². The molecule has 0 amide bonds. The third-order valence-electron chi connectivity index (χ3n) is 4.22. The molecule has 0 saturated carbocycles. The van der Waals surface area contributed by atoms with Gasteiger partial charge in [0.05, 0.1) is 24.3 Å². The fraction of sp³-hybridized carbons (Fsp3) is 0.632. The number of carbonyl (C=O) groups is 1. The van der Waals surface area contributed by atoms with Crippen molar-refractivity contribution in [2.24, 2.45) is 23.2 Å². The van der Waals surface area contributed by atoms with E-state index in [9.17, 15) is 15.3 Å². The van der Waals surface area contributed by atoms with Crippen molar-refractivity contribution in [2.75, 3.05) is 0 Å². The number of rotatable bonds is 9. The lowest BCUT2D eigenvalue weighted by atomic mass is 9.70. The Kier molecular flexibility index (Phi) is 9.08. The minimum atomic E-state index is -0.870. The molecule has 0 N–H and O–H groups in total. The molecule has 2 atom stereocenters. The van der Waals surface area contributed by atoms with Crippen molar-refractivity contribution in [3.05, 3.63) is 11.6 Å². The lowest BCUT2D eigenvalue weighted by molar-refractivity contribution is -0.122. The van der Waals surface area contributed by atoms with Gasteiger partial charge in [0, 0.05) is 18.3 Å².